The predicted octanol–water partition coefficient (Wildman–Crippen LogP) is 3.20. The summed E-state index contributed by atoms with van der Waals surface area (Å²) in [5.41, 5.74) is 0.401. The Balaban J connectivity index is 3.04. The van der Waals surface area contributed by atoms with E-state index < -0.39 is 16.5 Å². The minimum absolute atomic E-state index is 0.0325. The summed E-state index contributed by atoms with van der Waals surface area (Å²) < 4.78 is 13.0. The first kappa shape index (κ1) is 13.2. The second-order valence-electron chi connectivity index (χ2n) is 4.20. The van der Waals surface area contributed by atoms with Gasteiger partial charge in [0.05, 0.1) is 4.92 Å². The van der Waals surface area contributed by atoms with Crippen molar-refractivity contribution in [3.63, 3.8) is 0 Å². The quantitative estimate of drug-likeness (QED) is 0.648. The molecular formula is C12H14FNO3. The minimum atomic E-state index is -0.786. The first-order valence-corrected chi connectivity index (χ1v) is 5.23. The number of nitrogens with zero attached hydrogens (tertiary/aromatic N) is 1. The van der Waals surface area contributed by atoms with Gasteiger partial charge in [0.15, 0.2) is 11.6 Å². The van der Waals surface area contributed by atoms with Crippen LogP contribution in [0.2, 0.25) is 0 Å². The van der Waals surface area contributed by atoms with Gasteiger partial charge in [0, 0.05) is 12.5 Å². The highest BCUT2D eigenvalue weighted by Gasteiger charge is 2.13. The minimum Gasteiger partial charge on any atom is -0.505 e. The van der Waals surface area contributed by atoms with Gasteiger partial charge in [-0.1, -0.05) is 19.9 Å². The normalized spacial score (nSPS) is 11.9. The number of allylic oxidation sites excluding steroid dienone is 1. The van der Waals surface area contributed by atoms with Gasteiger partial charge in [-0.25, -0.2) is 4.39 Å². The van der Waals surface area contributed by atoms with Crippen LogP contribution in [0, 0.1) is 21.8 Å². The summed E-state index contributed by atoms with van der Waals surface area (Å²) in [6, 6.07) is 3.68. The highest BCUT2D eigenvalue weighted by atomic mass is 19.1. The highest BCUT2D eigenvalue weighted by molar-refractivity contribution is 5.52. The second kappa shape index (κ2) is 5.43. The summed E-state index contributed by atoms with van der Waals surface area (Å²) in [5.74, 6) is -1.10. The van der Waals surface area contributed by atoms with Gasteiger partial charge >= 0.3 is 0 Å². The van der Waals surface area contributed by atoms with Crippen LogP contribution in [0.1, 0.15) is 25.8 Å². The number of rotatable bonds is 4. The Bertz CT molecular complexity index is 455. The molecule has 0 saturated heterocycles. The molecule has 1 aromatic rings. The van der Waals surface area contributed by atoms with E-state index in [0.29, 0.717) is 12.0 Å². The van der Waals surface area contributed by atoms with Crippen molar-refractivity contribution in [3.8, 4) is 5.75 Å². The lowest BCUT2D eigenvalue weighted by Crippen LogP contribution is -2.02. The molecule has 0 aromatic heterocycles. The second-order valence-corrected chi connectivity index (χ2v) is 4.20. The lowest BCUT2D eigenvalue weighted by Gasteiger charge is -2.02. The standard InChI is InChI=1S/C12H14FNO3/c1-8(2)5-10(14(16)17)6-9-3-4-12(15)11(13)7-9/h3-4,6-8,15H,5H2,1-2H3/b10-6-. The fourth-order valence-electron chi connectivity index (χ4n) is 1.41. The zero-order chi connectivity index (χ0) is 13.0. The average molecular weight is 239 g/mol. The van der Waals surface area contributed by atoms with E-state index in [2.05, 4.69) is 0 Å². The summed E-state index contributed by atoms with van der Waals surface area (Å²) in [5, 5.41) is 19.8. The zero-order valence-corrected chi connectivity index (χ0v) is 9.68. The summed E-state index contributed by atoms with van der Waals surface area (Å²) in [7, 11) is 0. The molecule has 0 spiro atoms. The summed E-state index contributed by atoms with van der Waals surface area (Å²) in [6.07, 6.45) is 1.64. The first-order chi connectivity index (χ1) is 7.90. The lowest BCUT2D eigenvalue weighted by atomic mass is 10.1. The fourth-order valence-corrected chi connectivity index (χ4v) is 1.41. The van der Waals surface area contributed by atoms with Crippen molar-refractivity contribution in [3.05, 3.63) is 45.4 Å². The maximum atomic E-state index is 13.0. The molecule has 0 amide bonds. The van der Waals surface area contributed by atoms with E-state index in [1.165, 1.54) is 18.2 Å². The highest BCUT2D eigenvalue weighted by Crippen LogP contribution is 2.20. The van der Waals surface area contributed by atoms with Gasteiger partial charge < -0.3 is 5.11 Å². The van der Waals surface area contributed by atoms with E-state index in [-0.39, 0.29) is 11.6 Å². The van der Waals surface area contributed by atoms with Crippen LogP contribution in [0.25, 0.3) is 6.08 Å². The van der Waals surface area contributed by atoms with E-state index >= 15 is 0 Å². The Labute approximate surface area is 98.5 Å². The van der Waals surface area contributed by atoms with Crippen LogP contribution in [0.5, 0.6) is 5.75 Å². The van der Waals surface area contributed by atoms with E-state index in [9.17, 15) is 14.5 Å². The van der Waals surface area contributed by atoms with Crippen LogP contribution in [0.3, 0.4) is 0 Å². The van der Waals surface area contributed by atoms with Crippen molar-refractivity contribution >= 4 is 6.08 Å². The number of hydrogen-bond acceptors (Lipinski definition) is 3. The smallest absolute Gasteiger partial charge is 0.247 e. The van der Waals surface area contributed by atoms with Crippen LogP contribution in [-0.2, 0) is 0 Å². The molecule has 0 aliphatic rings. The van der Waals surface area contributed by atoms with Gasteiger partial charge in [0.25, 0.3) is 0 Å². The Kier molecular flexibility index (Phi) is 4.20. The number of nitro groups is 1. The molecule has 4 nitrogen and oxygen atoms in total. The Morgan fingerprint density at radius 3 is 2.71 bits per heavy atom. The maximum Gasteiger partial charge on any atom is 0.247 e. The number of halogens is 1. The van der Waals surface area contributed by atoms with Crippen molar-refractivity contribution in [2.45, 2.75) is 20.3 Å². The van der Waals surface area contributed by atoms with Crippen LogP contribution in [0.15, 0.2) is 23.9 Å². The molecule has 0 aliphatic carbocycles. The Hall–Kier alpha value is -1.91. The third-order valence-electron chi connectivity index (χ3n) is 2.16. The fraction of sp³-hybridized carbons (Fsp3) is 0.333. The molecule has 0 aliphatic heterocycles. The molecule has 0 unspecified atom stereocenters. The molecule has 0 radical (unpaired) electrons. The molecule has 0 fully saturated rings. The Morgan fingerprint density at radius 2 is 2.24 bits per heavy atom. The molecule has 17 heavy (non-hydrogen) atoms. The molecule has 92 valence electrons. The van der Waals surface area contributed by atoms with Gasteiger partial charge in [-0.3, -0.25) is 10.1 Å². The molecular weight excluding hydrogens is 225 g/mol. The third-order valence-corrected chi connectivity index (χ3v) is 2.16. The van der Waals surface area contributed by atoms with Crippen LogP contribution in [0.4, 0.5) is 4.39 Å². The monoisotopic (exact) mass is 239 g/mol. The van der Waals surface area contributed by atoms with Gasteiger partial charge in [-0.2, -0.15) is 0 Å². The summed E-state index contributed by atoms with van der Waals surface area (Å²) in [6.45, 7) is 3.74. The number of aromatic hydroxyl groups is 1. The number of phenolic OH excluding ortho intramolecular Hbond substituents is 1. The van der Waals surface area contributed by atoms with Crippen molar-refractivity contribution in [2.24, 2.45) is 5.92 Å². The number of benzene rings is 1. The van der Waals surface area contributed by atoms with E-state index in [1.807, 2.05) is 13.8 Å². The van der Waals surface area contributed by atoms with Gasteiger partial charge in [-0.05, 0) is 23.6 Å². The Morgan fingerprint density at radius 1 is 1.59 bits per heavy atom. The lowest BCUT2D eigenvalue weighted by molar-refractivity contribution is -0.427. The largest absolute Gasteiger partial charge is 0.505 e. The number of phenols is 1. The topological polar surface area (TPSA) is 63.4 Å². The van der Waals surface area contributed by atoms with E-state index in [4.69, 9.17) is 5.11 Å². The first-order valence-electron chi connectivity index (χ1n) is 5.23. The van der Waals surface area contributed by atoms with Gasteiger partial charge in [-0.15, -0.1) is 0 Å². The van der Waals surface area contributed by atoms with E-state index in [0.717, 1.165) is 6.07 Å². The SMILES string of the molecule is CC(C)C/C(=C/c1ccc(O)c(F)c1)[N+](=O)[O-]. The van der Waals surface area contributed by atoms with Crippen molar-refractivity contribution in [2.75, 3.05) is 0 Å². The molecule has 1 aromatic carbocycles. The van der Waals surface area contributed by atoms with E-state index in [1.54, 1.807) is 0 Å². The predicted molar refractivity (Wildman–Crippen MR) is 62.5 cm³/mol. The van der Waals surface area contributed by atoms with Crippen LogP contribution >= 0.6 is 0 Å². The molecule has 0 heterocycles. The zero-order valence-electron chi connectivity index (χ0n) is 9.68. The summed E-state index contributed by atoms with van der Waals surface area (Å²) in [4.78, 5) is 10.3. The molecule has 1 rings (SSSR count). The maximum absolute atomic E-state index is 13.0. The third kappa shape index (κ3) is 3.86. The van der Waals surface area contributed by atoms with Crippen LogP contribution < -0.4 is 0 Å². The molecule has 0 atom stereocenters. The van der Waals surface area contributed by atoms with Crippen LogP contribution in [-0.4, -0.2) is 10.0 Å². The van der Waals surface area contributed by atoms with Gasteiger partial charge in [0.1, 0.15) is 0 Å². The summed E-state index contributed by atoms with van der Waals surface area (Å²) >= 11 is 0. The van der Waals surface area contributed by atoms with Gasteiger partial charge in [0.2, 0.25) is 5.70 Å². The molecule has 5 heteroatoms. The van der Waals surface area contributed by atoms with Crippen molar-refractivity contribution in [1.29, 1.82) is 0 Å². The molecule has 1 N–H and O–H groups in total. The average Bonchev–Trinajstić information content (AvgIpc) is 2.21. The molecule has 0 saturated carbocycles. The molecule has 0 bridgehead atoms. The number of hydrogen-bond donors (Lipinski definition) is 1. The van der Waals surface area contributed by atoms with Crippen molar-refractivity contribution in [1.82, 2.24) is 0 Å². The van der Waals surface area contributed by atoms with Crippen molar-refractivity contribution < 1.29 is 14.4 Å².